The summed E-state index contributed by atoms with van der Waals surface area (Å²) in [4.78, 5) is 11.6. The summed E-state index contributed by atoms with van der Waals surface area (Å²) in [5.74, 6) is 0.787. The molecule has 0 aromatic heterocycles. The van der Waals surface area contributed by atoms with E-state index in [0.29, 0.717) is 36.5 Å². The predicted molar refractivity (Wildman–Crippen MR) is 166 cm³/mol. The molecule has 1 N–H and O–H groups in total. The number of benzene rings is 3. The highest BCUT2D eigenvalue weighted by Crippen LogP contribution is 2.39. The van der Waals surface area contributed by atoms with Gasteiger partial charge in [-0.2, -0.15) is 0 Å². The summed E-state index contributed by atoms with van der Waals surface area (Å²) >= 11 is 0. The van der Waals surface area contributed by atoms with Crippen molar-refractivity contribution in [2.75, 3.05) is 6.61 Å². The molecule has 0 radical (unpaired) electrons. The number of ether oxygens (including phenoxy) is 1. The fourth-order valence-corrected chi connectivity index (χ4v) is 6.07. The predicted octanol–water partition coefficient (Wildman–Crippen LogP) is 9.56. The van der Waals surface area contributed by atoms with Crippen LogP contribution in [0.4, 0.5) is 4.39 Å². The van der Waals surface area contributed by atoms with E-state index in [1.54, 1.807) is 13.0 Å². The summed E-state index contributed by atoms with van der Waals surface area (Å²) in [6, 6.07) is 19.9. The van der Waals surface area contributed by atoms with Crippen molar-refractivity contribution in [2.45, 2.75) is 90.6 Å². The molecular formula is C37H45FO3. The number of aryl methyl sites for hydroxylation is 1. The Morgan fingerprint density at radius 2 is 1.61 bits per heavy atom. The van der Waals surface area contributed by atoms with Gasteiger partial charge in [0.1, 0.15) is 5.82 Å². The van der Waals surface area contributed by atoms with Gasteiger partial charge in [-0.05, 0) is 96.7 Å². The molecule has 0 atom stereocenters. The molecule has 3 aromatic rings. The molecule has 3 nitrogen and oxygen atoms in total. The number of hydrogen-bond acceptors (Lipinski definition) is 3. The first-order valence-corrected chi connectivity index (χ1v) is 15.3. The van der Waals surface area contributed by atoms with Crippen molar-refractivity contribution in [1.82, 2.24) is 0 Å². The lowest BCUT2D eigenvalue weighted by Crippen LogP contribution is -2.13. The molecule has 1 aliphatic carbocycles. The average molecular weight is 557 g/mol. The molecule has 0 heterocycles. The summed E-state index contributed by atoms with van der Waals surface area (Å²) < 4.78 is 20.5. The average Bonchev–Trinajstić information content (AvgIpc) is 2.99. The van der Waals surface area contributed by atoms with Gasteiger partial charge < -0.3 is 9.84 Å². The minimum absolute atomic E-state index is 0.0459. The minimum atomic E-state index is -0.382. The van der Waals surface area contributed by atoms with Crippen molar-refractivity contribution in [3.05, 3.63) is 95.3 Å². The van der Waals surface area contributed by atoms with E-state index >= 15 is 4.39 Å². The summed E-state index contributed by atoms with van der Waals surface area (Å²) in [6.07, 6.45) is 11.5. The van der Waals surface area contributed by atoms with E-state index in [0.717, 1.165) is 39.3 Å². The molecule has 0 saturated heterocycles. The van der Waals surface area contributed by atoms with Gasteiger partial charge in [0.05, 0.1) is 13.2 Å². The van der Waals surface area contributed by atoms with Crippen LogP contribution in [-0.2, 0) is 22.6 Å². The number of esters is 1. The zero-order valence-electron chi connectivity index (χ0n) is 24.8. The maximum absolute atomic E-state index is 15.3. The normalized spacial score (nSPS) is 16.9. The summed E-state index contributed by atoms with van der Waals surface area (Å²) in [5, 5.41) is 9.81. The van der Waals surface area contributed by atoms with Crippen LogP contribution in [0.1, 0.15) is 94.2 Å². The van der Waals surface area contributed by atoms with Crippen LogP contribution in [0, 0.1) is 11.7 Å². The topological polar surface area (TPSA) is 46.5 Å². The van der Waals surface area contributed by atoms with Gasteiger partial charge in [-0.25, -0.2) is 9.18 Å². The van der Waals surface area contributed by atoms with Crippen molar-refractivity contribution < 1.29 is 19.0 Å². The van der Waals surface area contributed by atoms with Crippen LogP contribution >= 0.6 is 0 Å². The molecule has 41 heavy (non-hydrogen) atoms. The SMILES string of the molecule is C=C(C)C(=O)OCCCc1cc(-c2ccc(-c3ccc(C4CCC(CCCCC)CC4)cc3F)cc2)ccc1CO. The third kappa shape index (κ3) is 8.39. The molecule has 0 unspecified atom stereocenters. The zero-order chi connectivity index (χ0) is 29.2. The van der Waals surface area contributed by atoms with Gasteiger partial charge >= 0.3 is 5.97 Å². The smallest absolute Gasteiger partial charge is 0.333 e. The lowest BCUT2D eigenvalue weighted by Gasteiger charge is -2.29. The molecule has 218 valence electrons. The highest BCUT2D eigenvalue weighted by atomic mass is 19.1. The summed E-state index contributed by atoms with van der Waals surface area (Å²) in [6.45, 7) is 7.75. The Balaban J connectivity index is 1.39. The number of carbonyl (C=O) groups excluding carboxylic acids is 1. The van der Waals surface area contributed by atoms with Gasteiger partial charge in [0.2, 0.25) is 0 Å². The van der Waals surface area contributed by atoms with Crippen molar-refractivity contribution in [3.8, 4) is 22.3 Å². The van der Waals surface area contributed by atoms with Gasteiger partial charge in [0.15, 0.2) is 0 Å². The Morgan fingerprint density at radius 3 is 2.27 bits per heavy atom. The van der Waals surface area contributed by atoms with Gasteiger partial charge in [-0.1, -0.05) is 93.8 Å². The first-order valence-electron chi connectivity index (χ1n) is 15.3. The molecule has 0 spiro atoms. The van der Waals surface area contributed by atoms with E-state index in [2.05, 4.69) is 25.6 Å². The maximum atomic E-state index is 15.3. The molecule has 1 aliphatic rings. The van der Waals surface area contributed by atoms with E-state index in [9.17, 15) is 9.90 Å². The first-order chi connectivity index (χ1) is 19.9. The fraction of sp³-hybridized carbons (Fsp3) is 0.432. The Hall–Kier alpha value is -3.24. The summed E-state index contributed by atoms with van der Waals surface area (Å²) in [5.41, 5.74) is 6.97. The monoisotopic (exact) mass is 556 g/mol. The molecule has 1 saturated carbocycles. The highest BCUT2D eigenvalue weighted by molar-refractivity contribution is 5.86. The lowest BCUT2D eigenvalue weighted by molar-refractivity contribution is -0.139. The Bertz CT molecular complexity index is 1300. The Labute approximate surface area is 245 Å². The second-order valence-electron chi connectivity index (χ2n) is 11.7. The molecule has 0 bridgehead atoms. The number of unbranched alkanes of at least 4 members (excludes halogenated alkanes) is 2. The van der Waals surface area contributed by atoms with Crippen molar-refractivity contribution in [3.63, 3.8) is 0 Å². The van der Waals surface area contributed by atoms with Crippen LogP contribution in [-0.4, -0.2) is 17.7 Å². The third-order valence-corrected chi connectivity index (χ3v) is 8.61. The molecule has 4 rings (SSSR count). The second kappa shape index (κ2) is 15.1. The van der Waals surface area contributed by atoms with Crippen LogP contribution in [0.3, 0.4) is 0 Å². The lowest BCUT2D eigenvalue weighted by atomic mass is 9.77. The van der Waals surface area contributed by atoms with Crippen molar-refractivity contribution in [2.24, 2.45) is 5.92 Å². The third-order valence-electron chi connectivity index (χ3n) is 8.61. The molecule has 3 aromatic carbocycles. The van der Waals surface area contributed by atoms with Crippen LogP contribution in [0.5, 0.6) is 0 Å². The van der Waals surface area contributed by atoms with E-state index < -0.39 is 0 Å². The van der Waals surface area contributed by atoms with Gasteiger partial charge in [0, 0.05) is 11.1 Å². The first kappa shape index (κ1) is 30.7. The number of carbonyl (C=O) groups is 1. The van der Waals surface area contributed by atoms with Gasteiger partial charge in [-0.3, -0.25) is 0 Å². The largest absolute Gasteiger partial charge is 0.462 e. The number of hydrogen-bond donors (Lipinski definition) is 1. The second-order valence-corrected chi connectivity index (χ2v) is 11.7. The van der Waals surface area contributed by atoms with Gasteiger partial charge in [0.25, 0.3) is 0 Å². The fourth-order valence-electron chi connectivity index (χ4n) is 6.07. The van der Waals surface area contributed by atoms with Crippen LogP contribution in [0.15, 0.2) is 72.8 Å². The van der Waals surface area contributed by atoms with Crippen LogP contribution in [0.25, 0.3) is 22.3 Å². The van der Waals surface area contributed by atoms with Crippen molar-refractivity contribution >= 4 is 5.97 Å². The van der Waals surface area contributed by atoms with Crippen LogP contribution < -0.4 is 0 Å². The number of rotatable bonds is 13. The molecule has 0 aliphatic heterocycles. The molecule has 1 fully saturated rings. The Morgan fingerprint density at radius 1 is 0.902 bits per heavy atom. The van der Waals surface area contributed by atoms with E-state index in [1.807, 2.05) is 42.5 Å². The number of aliphatic hydroxyl groups excluding tert-OH is 1. The zero-order valence-corrected chi connectivity index (χ0v) is 24.8. The quantitative estimate of drug-likeness (QED) is 0.130. The van der Waals surface area contributed by atoms with E-state index in [1.165, 1.54) is 51.4 Å². The van der Waals surface area contributed by atoms with Crippen LogP contribution in [0.2, 0.25) is 0 Å². The Kier molecular flexibility index (Phi) is 11.3. The van der Waals surface area contributed by atoms with Gasteiger partial charge in [-0.15, -0.1) is 0 Å². The van der Waals surface area contributed by atoms with E-state index in [4.69, 9.17) is 4.74 Å². The highest BCUT2D eigenvalue weighted by Gasteiger charge is 2.23. The molecule has 4 heteroatoms. The van der Waals surface area contributed by atoms with Crippen molar-refractivity contribution in [1.29, 1.82) is 0 Å². The number of halogens is 1. The molecule has 0 amide bonds. The summed E-state index contributed by atoms with van der Waals surface area (Å²) in [7, 11) is 0. The maximum Gasteiger partial charge on any atom is 0.333 e. The standard InChI is InChI=1S/C37H45FO3/c1-4-5-6-8-27-10-12-28(13-11-27)33-20-21-35(36(38)24-33)30-16-14-29(15-17-30)32-18-19-34(25-39)31(23-32)9-7-22-41-37(40)26(2)3/h14-21,23-24,27-28,39H,2,4-13,22,25H2,1,3H3. The molecular weight excluding hydrogens is 511 g/mol. The number of aliphatic hydroxyl groups is 1. The van der Waals surface area contributed by atoms with E-state index in [-0.39, 0.29) is 18.4 Å². The minimum Gasteiger partial charge on any atom is -0.462 e.